The van der Waals surface area contributed by atoms with Gasteiger partial charge in [0.1, 0.15) is 17.7 Å². The predicted octanol–water partition coefficient (Wildman–Crippen LogP) is 2.69. The van der Waals surface area contributed by atoms with Crippen molar-refractivity contribution in [3.63, 3.8) is 0 Å². The van der Waals surface area contributed by atoms with Gasteiger partial charge < -0.3 is 20.3 Å². The molecule has 1 saturated heterocycles. The molecule has 1 heterocycles. The van der Waals surface area contributed by atoms with Crippen LogP contribution in [0.1, 0.15) is 47.5 Å². The number of ether oxygens (including phenoxy) is 1. The van der Waals surface area contributed by atoms with E-state index in [9.17, 15) is 14.9 Å². The fourth-order valence-electron chi connectivity index (χ4n) is 3.54. The topological polar surface area (TPSA) is 94.5 Å². The van der Waals surface area contributed by atoms with E-state index in [2.05, 4.69) is 22.6 Å². The summed E-state index contributed by atoms with van der Waals surface area (Å²) in [5, 5.41) is 15.8. The fraction of sp³-hybridized carbons (Fsp3) is 0.542. The number of para-hydroxylation sites is 1. The molecule has 3 atom stereocenters. The number of nitrogens with zero attached hydrogens (tertiary/aromatic N) is 2. The molecule has 1 unspecified atom stereocenters. The number of hydrogen-bond acceptors (Lipinski definition) is 6. The molecule has 2 rings (SSSR count). The van der Waals surface area contributed by atoms with E-state index >= 15 is 0 Å². The molecular formula is C24H32N4O3. The van der Waals surface area contributed by atoms with Gasteiger partial charge in [-0.2, -0.15) is 5.26 Å². The van der Waals surface area contributed by atoms with E-state index in [4.69, 9.17) is 11.2 Å². The van der Waals surface area contributed by atoms with E-state index in [1.807, 2.05) is 65.0 Å². The zero-order valence-corrected chi connectivity index (χ0v) is 18.9. The number of likely N-dealkylation sites (tertiary alicyclic amines) is 1. The van der Waals surface area contributed by atoms with Crippen molar-refractivity contribution in [3.05, 3.63) is 30.3 Å². The maximum atomic E-state index is 13.0. The van der Waals surface area contributed by atoms with Gasteiger partial charge in [-0.1, -0.05) is 24.1 Å². The molecule has 2 N–H and O–H groups in total. The second kappa shape index (κ2) is 9.85. The Kier molecular flexibility index (Phi) is 7.70. The first-order valence-electron chi connectivity index (χ1n) is 10.4. The van der Waals surface area contributed by atoms with Crippen LogP contribution in [0.3, 0.4) is 0 Å². The number of carbonyl (C=O) groups excluding carboxylic acids is 2. The quantitative estimate of drug-likeness (QED) is 0.516. The van der Waals surface area contributed by atoms with E-state index in [-0.39, 0.29) is 18.5 Å². The van der Waals surface area contributed by atoms with Crippen LogP contribution >= 0.6 is 0 Å². The van der Waals surface area contributed by atoms with Crippen LogP contribution in [-0.4, -0.2) is 52.6 Å². The average Bonchev–Trinajstić information content (AvgIpc) is 3.13. The smallest absolute Gasteiger partial charge is 0.330 e. The standard InChI is InChI=1S/C24H32N4O3/c1-7-18-13-14-19(15-25)28(18)20(29)16-26-24(5,6)21(22(30)31-23(2,3)4)27-17-11-9-8-10-12-17/h1,8-12,18-19,21,26-27H,13-14,16H2,2-6H3/t18-,19-,21?/m0/s1. The fourth-order valence-corrected chi connectivity index (χ4v) is 3.54. The number of hydrogen-bond donors (Lipinski definition) is 2. The van der Waals surface area contributed by atoms with Gasteiger partial charge in [0, 0.05) is 11.2 Å². The summed E-state index contributed by atoms with van der Waals surface area (Å²) in [6.07, 6.45) is 6.73. The van der Waals surface area contributed by atoms with Gasteiger partial charge in [-0.3, -0.25) is 4.79 Å². The number of nitrogens with one attached hydrogen (secondary N) is 2. The Morgan fingerprint density at radius 1 is 1.19 bits per heavy atom. The van der Waals surface area contributed by atoms with Crippen LogP contribution in [0.5, 0.6) is 0 Å². The first kappa shape index (κ1) is 24.2. The number of terminal acetylenes is 1. The third-order valence-electron chi connectivity index (χ3n) is 5.16. The molecule has 1 aromatic rings. The molecule has 7 heteroatoms. The molecule has 166 valence electrons. The van der Waals surface area contributed by atoms with Crippen LogP contribution in [0.15, 0.2) is 30.3 Å². The van der Waals surface area contributed by atoms with E-state index < -0.39 is 29.2 Å². The van der Waals surface area contributed by atoms with Crippen LogP contribution in [-0.2, 0) is 14.3 Å². The van der Waals surface area contributed by atoms with Crippen molar-refractivity contribution in [1.29, 1.82) is 5.26 Å². The summed E-state index contributed by atoms with van der Waals surface area (Å²) in [5.41, 5.74) is -0.743. The molecule has 0 aliphatic carbocycles. The minimum atomic E-state index is -0.846. The summed E-state index contributed by atoms with van der Waals surface area (Å²) < 4.78 is 5.63. The van der Waals surface area contributed by atoms with Crippen molar-refractivity contribution in [1.82, 2.24) is 10.2 Å². The number of amides is 1. The molecule has 0 bridgehead atoms. The van der Waals surface area contributed by atoms with Gasteiger partial charge in [0.2, 0.25) is 5.91 Å². The number of benzene rings is 1. The Morgan fingerprint density at radius 2 is 1.81 bits per heavy atom. The largest absolute Gasteiger partial charge is 0.458 e. The number of rotatable bonds is 7. The third-order valence-corrected chi connectivity index (χ3v) is 5.16. The van der Waals surface area contributed by atoms with Gasteiger partial charge >= 0.3 is 5.97 Å². The van der Waals surface area contributed by atoms with Crippen LogP contribution in [0.2, 0.25) is 0 Å². The summed E-state index contributed by atoms with van der Waals surface area (Å²) in [7, 11) is 0. The highest BCUT2D eigenvalue weighted by Crippen LogP contribution is 2.24. The Morgan fingerprint density at radius 3 is 2.35 bits per heavy atom. The minimum absolute atomic E-state index is 0.0564. The van der Waals surface area contributed by atoms with Crippen LogP contribution in [0, 0.1) is 23.7 Å². The molecule has 1 fully saturated rings. The summed E-state index contributed by atoms with van der Waals surface area (Å²) in [6.45, 7) is 9.03. The van der Waals surface area contributed by atoms with E-state index in [0.29, 0.717) is 12.8 Å². The zero-order valence-electron chi connectivity index (χ0n) is 18.9. The number of nitriles is 1. The Hall–Kier alpha value is -3.03. The summed E-state index contributed by atoms with van der Waals surface area (Å²) in [6, 6.07) is 9.82. The van der Waals surface area contributed by atoms with Crippen molar-refractivity contribution in [3.8, 4) is 18.4 Å². The van der Waals surface area contributed by atoms with E-state index in [1.54, 1.807) is 0 Å². The molecule has 0 saturated carbocycles. The lowest BCUT2D eigenvalue weighted by molar-refractivity contribution is -0.157. The Bertz CT molecular complexity index is 840. The molecule has 1 amide bonds. The van der Waals surface area contributed by atoms with Gasteiger partial charge in [0.05, 0.1) is 18.7 Å². The van der Waals surface area contributed by atoms with Crippen molar-refractivity contribution < 1.29 is 14.3 Å². The first-order chi connectivity index (χ1) is 14.5. The van der Waals surface area contributed by atoms with Crippen LogP contribution in [0.25, 0.3) is 0 Å². The van der Waals surface area contributed by atoms with Gasteiger partial charge in [-0.15, -0.1) is 6.42 Å². The van der Waals surface area contributed by atoms with Gasteiger partial charge in [-0.05, 0) is 59.6 Å². The highest BCUT2D eigenvalue weighted by Gasteiger charge is 2.40. The van der Waals surface area contributed by atoms with Gasteiger partial charge in [0.25, 0.3) is 0 Å². The molecule has 1 aliphatic rings. The zero-order chi connectivity index (χ0) is 23.2. The van der Waals surface area contributed by atoms with Crippen molar-refractivity contribution in [2.45, 2.75) is 76.7 Å². The summed E-state index contributed by atoms with van der Waals surface area (Å²) in [4.78, 5) is 27.4. The molecule has 1 aromatic carbocycles. The molecule has 1 aliphatic heterocycles. The summed E-state index contributed by atoms with van der Waals surface area (Å²) in [5.74, 6) is 1.90. The van der Waals surface area contributed by atoms with Crippen molar-refractivity contribution >= 4 is 17.6 Å². The maximum Gasteiger partial charge on any atom is 0.330 e. The Labute approximate surface area is 185 Å². The lowest BCUT2D eigenvalue weighted by Gasteiger charge is -2.37. The van der Waals surface area contributed by atoms with Crippen molar-refractivity contribution in [2.75, 3.05) is 11.9 Å². The number of carbonyl (C=O) groups is 2. The van der Waals surface area contributed by atoms with Crippen LogP contribution in [0.4, 0.5) is 5.69 Å². The van der Waals surface area contributed by atoms with E-state index in [0.717, 1.165) is 5.69 Å². The lowest BCUT2D eigenvalue weighted by atomic mass is 9.93. The minimum Gasteiger partial charge on any atom is -0.458 e. The van der Waals surface area contributed by atoms with Gasteiger partial charge in [0.15, 0.2) is 0 Å². The highest BCUT2D eigenvalue weighted by atomic mass is 16.6. The normalized spacial score (nSPS) is 19.8. The highest BCUT2D eigenvalue weighted by molar-refractivity contribution is 5.83. The van der Waals surface area contributed by atoms with E-state index in [1.165, 1.54) is 4.90 Å². The average molecular weight is 425 g/mol. The molecule has 0 radical (unpaired) electrons. The van der Waals surface area contributed by atoms with Gasteiger partial charge in [-0.25, -0.2) is 4.79 Å². The van der Waals surface area contributed by atoms with Crippen LogP contribution < -0.4 is 10.6 Å². The molecule has 31 heavy (non-hydrogen) atoms. The first-order valence-corrected chi connectivity index (χ1v) is 10.4. The maximum absolute atomic E-state index is 13.0. The summed E-state index contributed by atoms with van der Waals surface area (Å²) >= 11 is 0. The van der Waals surface area contributed by atoms with Crippen molar-refractivity contribution in [2.24, 2.45) is 0 Å². The molecule has 7 nitrogen and oxygen atoms in total. The number of anilines is 1. The lowest BCUT2D eigenvalue weighted by Crippen LogP contribution is -2.60. The number of esters is 1. The Balaban J connectivity index is 2.18. The molecular weight excluding hydrogens is 392 g/mol. The monoisotopic (exact) mass is 424 g/mol. The second-order valence-corrected chi connectivity index (χ2v) is 9.26. The molecule has 0 aromatic heterocycles. The third kappa shape index (κ3) is 6.47. The molecule has 0 spiro atoms. The SMILES string of the molecule is C#C[C@H]1CC[C@@H](C#N)N1C(=O)CNC(C)(C)C(Nc1ccccc1)C(=O)OC(C)(C)C. The predicted molar refractivity (Wildman–Crippen MR) is 120 cm³/mol. The second-order valence-electron chi connectivity index (χ2n) is 9.26.